The van der Waals surface area contributed by atoms with Gasteiger partial charge in [0.1, 0.15) is 30.4 Å². The summed E-state index contributed by atoms with van der Waals surface area (Å²) in [5.74, 6) is -1.25. The lowest BCUT2D eigenvalue weighted by Gasteiger charge is -2.40. The van der Waals surface area contributed by atoms with E-state index < -0.39 is 49.2 Å². The monoisotopic (exact) mass is 816 g/mol. The van der Waals surface area contributed by atoms with Gasteiger partial charge in [0.2, 0.25) is 17.7 Å². The highest BCUT2D eigenvalue weighted by Gasteiger charge is 2.44. The van der Waals surface area contributed by atoms with Crippen molar-refractivity contribution in [1.82, 2.24) is 31.5 Å². The Bertz CT molecular complexity index is 1000. The highest BCUT2D eigenvalue weighted by atomic mass is 16.6. The Morgan fingerprint density at radius 3 is 1.72 bits per heavy atom. The summed E-state index contributed by atoms with van der Waals surface area (Å²) in [5, 5.41) is 55.4. The Hall–Kier alpha value is -1.95. The van der Waals surface area contributed by atoms with E-state index in [1.807, 2.05) is 0 Å². The number of hydrogen-bond donors (Lipinski definition) is 10. The standard InChI is InChI=1S/C42H85N7O8/c1-3-4-5-6-7-8-9-10-11-12-13-14-15-16-17-20-31-49(2)41(55)34(23-24-36(51)48-38-40(54)39(53)35(33-50)57-42(38)56)47-37(52)32-46-30-22-29-45-27-19-18-26-44-28-21-25-43/h34-35,38-40,42,44-46,50,53-54,56H,3-33,43H2,1-2H3,(H,47,52)(H,48,51)/t34?,35?,38?,39-,40?,42-/m0/s1. The molecule has 0 aliphatic carbocycles. The summed E-state index contributed by atoms with van der Waals surface area (Å²) in [5.41, 5.74) is 5.50. The summed E-state index contributed by atoms with van der Waals surface area (Å²) in [7, 11) is 1.71. The number of amides is 3. The third-order valence-corrected chi connectivity index (χ3v) is 10.8. The van der Waals surface area contributed by atoms with Gasteiger partial charge >= 0.3 is 0 Å². The normalized spacial score (nSPS) is 20.0. The number of nitrogens with one attached hydrogen (secondary N) is 5. The van der Waals surface area contributed by atoms with Crippen molar-refractivity contribution in [2.45, 2.75) is 185 Å². The molecule has 0 aromatic rings. The number of nitrogens with two attached hydrogens (primary N) is 1. The molecule has 0 bridgehead atoms. The molecule has 1 rings (SSSR count). The minimum Gasteiger partial charge on any atom is -0.394 e. The van der Waals surface area contributed by atoms with E-state index in [2.05, 4.69) is 33.5 Å². The highest BCUT2D eigenvalue weighted by molar-refractivity contribution is 5.89. The van der Waals surface area contributed by atoms with Gasteiger partial charge in [0, 0.05) is 20.0 Å². The minimum atomic E-state index is -1.65. The summed E-state index contributed by atoms with van der Waals surface area (Å²) >= 11 is 0. The smallest absolute Gasteiger partial charge is 0.244 e. The summed E-state index contributed by atoms with van der Waals surface area (Å²) in [4.78, 5) is 41.0. The summed E-state index contributed by atoms with van der Waals surface area (Å²) in [6, 6.07) is -2.29. The van der Waals surface area contributed by atoms with Crippen LogP contribution in [-0.4, -0.2) is 146 Å². The van der Waals surface area contributed by atoms with Gasteiger partial charge in [0.15, 0.2) is 6.29 Å². The van der Waals surface area contributed by atoms with Gasteiger partial charge < -0.3 is 62.4 Å². The molecule has 0 aromatic heterocycles. The molecule has 4 unspecified atom stereocenters. The van der Waals surface area contributed by atoms with Gasteiger partial charge in [-0.1, -0.05) is 103 Å². The Kier molecular flexibility index (Phi) is 33.5. The Morgan fingerprint density at radius 1 is 0.667 bits per heavy atom. The second-order valence-electron chi connectivity index (χ2n) is 15.9. The molecule has 1 aliphatic heterocycles. The highest BCUT2D eigenvalue weighted by Crippen LogP contribution is 2.20. The van der Waals surface area contributed by atoms with Crippen molar-refractivity contribution in [1.29, 1.82) is 0 Å². The van der Waals surface area contributed by atoms with Crippen LogP contribution in [-0.2, 0) is 19.1 Å². The summed E-state index contributed by atoms with van der Waals surface area (Å²) < 4.78 is 5.13. The zero-order valence-electron chi connectivity index (χ0n) is 35.8. The van der Waals surface area contributed by atoms with Crippen LogP contribution in [0.5, 0.6) is 0 Å². The van der Waals surface area contributed by atoms with Crippen molar-refractivity contribution >= 4 is 17.7 Å². The van der Waals surface area contributed by atoms with Crippen molar-refractivity contribution < 1.29 is 39.5 Å². The molecule has 57 heavy (non-hydrogen) atoms. The summed E-state index contributed by atoms with van der Waals surface area (Å²) in [6.45, 7) is 7.22. The first-order valence-electron chi connectivity index (χ1n) is 22.6. The number of ether oxygens (including phenoxy) is 1. The average Bonchev–Trinajstić information content (AvgIpc) is 3.20. The number of likely N-dealkylation sites (N-methyl/N-ethyl adjacent to an activating group) is 1. The van der Waals surface area contributed by atoms with Crippen LogP contribution in [0.15, 0.2) is 0 Å². The largest absolute Gasteiger partial charge is 0.394 e. The van der Waals surface area contributed by atoms with Gasteiger partial charge in [0.05, 0.1) is 13.2 Å². The Balaban J connectivity index is 2.45. The van der Waals surface area contributed by atoms with Crippen LogP contribution >= 0.6 is 0 Å². The molecule has 0 radical (unpaired) electrons. The van der Waals surface area contributed by atoms with Crippen molar-refractivity contribution in [3.8, 4) is 0 Å². The second-order valence-corrected chi connectivity index (χ2v) is 15.9. The average molecular weight is 816 g/mol. The molecule has 6 atom stereocenters. The maximum Gasteiger partial charge on any atom is 0.244 e. The van der Waals surface area contributed by atoms with Crippen molar-refractivity contribution in [3.63, 3.8) is 0 Å². The molecule has 3 amide bonds. The van der Waals surface area contributed by atoms with E-state index in [-0.39, 0.29) is 31.2 Å². The zero-order valence-corrected chi connectivity index (χ0v) is 35.8. The fourth-order valence-electron chi connectivity index (χ4n) is 7.08. The van der Waals surface area contributed by atoms with Crippen LogP contribution in [0.4, 0.5) is 0 Å². The molecule has 336 valence electrons. The van der Waals surface area contributed by atoms with E-state index in [1.165, 1.54) is 83.5 Å². The lowest BCUT2D eigenvalue weighted by Crippen LogP contribution is -2.64. The van der Waals surface area contributed by atoms with E-state index in [1.54, 1.807) is 11.9 Å². The molecule has 0 saturated carbocycles. The maximum absolute atomic E-state index is 13.6. The van der Waals surface area contributed by atoms with E-state index >= 15 is 0 Å². The predicted molar refractivity (Wildman–Crippen MR) is 226 cm³/mol. The zero-order chi connectivity index (χ0) is 41.9. The first-order chi connectivity index (χ1) is 27.7. The third-order valence-electron chi connectivity index (χ3n) is 10.8. The fourth-order valence-corrected chi connectivity index (χ4v) is 7.08. The van der Waals surface area contributed by atoms with E-state index in [9.17, 15) is 34.8 Å². The fraction of sp³-hybridized carbons (Fsp3) is 0.929. The van der Waals surface area contributed by atoms with Crippen LogP contribution in [0, 0.1) is 0 Å². The van der Waals surface area contributed by atoms with Gasteiger partial charge in [-0.25, -0.2) is 0 Å². The number of unbranched alkanes of at least 4 members (excludes halogenated alkanes) is 16. The second kappa shape index (κ2) is 35.9. The predicted octanol–water partition coefficient (Wildman–Crippen LogP) is 2.18. The molecular formula is C42H85N7O8. The molecule has 1 saturated heterocycles. The Labute approximate surface area is 344 Å². The maximum atomic E-state index is 13.6. The van der Waals surface area contributed by atoms with Gasteiger partial charge in [-0.05, 0) is 77.8 Å². The topological polar surface area (TPSA) is 231 Å². The molecular weight excluding hydrogens is 731 g/mol. The molecule has 0 aromatic carbocycles. The lowest BCUT2D eigenvalue weighted by molar-refractivity contribution is -0.253. The summed E-state index contributed by atoms with van der Waals surface area (Å²) in [6.07, 6.45) is 18.1. The van der Waals surface area contributed by atoms with Crippen LogP contribution in [0.3, 0.4) is 0 Å². The van der Waals surface area contributed by atoms with Crippen LogP contribution in [0.1, 0.15) is 148 Å². The van der Waals surface area contributed by atoms with E-state index in [0.29, 0.717) is 19.6 Å². The van der Waals surface area contributed by atoms with Gasteiger partial charge in [-0.2, -0.15) is 0 Å². The number of rotatable bonds is 38. The number of hydrogen-bond acceptors (Lipinski definition) is 12. The van der Waals surface area contributed by atoms with Crippen molar-refractivity contribution in [2.75, 3.05) is 66.0 Å². The molecule has 15 nitrogen and oxygen atoms in total. The first-order valence-corrected chi connectivity index (χ1v) is 22.6. The first kappa shape index (κ1) is 53.1. The molecule has 0 spiro atoms. The number of nitrogens with zero attached hydrogens (tertiary/aromatic N) is 1. The minimum absolute atomic E-state index is 0.00620. The quantitative estimate of drug-likeness (QED) is 0.0405. The van der Waals surface area contributed by atoms with Crippen molar-refractivity contribution in [3.05, 3.63) is 0 Å². The molecule has 1 aliphatic rings. The van der Waals surface area contributed by atoms with Gasteiger partial charge in [0.25, 0.3) is 0 Å². The molecule has 15 heteroatoms. The van der Waals surface area contributed by atoms with Crippen molar-refractivity contribution in [2.24, 2.45) is 5.73 Å². The van der Waals surface area contributed by atoms with E-state index in [4.69, 9.17) is 10.5 Å². The van der Waals surface area contributed by atoms with Gasteiger partial charge in [-0.15, -0.1) is 0 Å². The Morgan fingerprint density at radius 2 is 1.18 bits per heavy atom. The SMILES string of the molecule is CCCCCCCCCCCCCCCCCCN(C)C(=O)C(CCC(=O)NC1C(O)[C@@H](O)C(CO)O[C@@H]1O)NC(=O)CNCCCNCCCCNCCCN. The molecule has 11 N–H and O–H groups in total. The number of aliphatic hydroxyl groups excluding tert-OH is 4. The molecule has 1 fully saturated rings. The number of carbonyl (C=O) groups is 3. The molecule has 1 heterocycles. The number of aliphatic hydroxyl groups is 4. The van der Waals surface area contributed by atoms with Crippen LogP contribution in [0.2, 0.25) is 0 Å². The lowest BCUT2D eigenvalue weighted by atomic mass is 9.97. The van der Waals surface area contributed by atoms with Gasteiger partial charge in [-0.3, -0.25) is 14.4 Å². The third kappa shape index (κ3) is 26.7. The van der Waals surface area contributed by atoms with E-state index in [0.717, 1.165) is 71.1 Å². The van der Waals surface area contributed by atoms with Crippen LogP contribution in [0.25, 0.3) is 0 Å². The van der Waals surface area contributed by atoms with Crippen LogP contribution < -0.4 is 32.3 Å². The number of carbonyl (C=O) groups excluding carboxylic acids is 3.